The summed E-state index contributed by atoms with van der Waals surface area (Å²) in [5.41, 5.74) is 4.14. The van der Waals surface area contributed by atoms with Gasteiger partial charge in [-0.2, -0.15) is 0 Å². The van der Waals surface area contributed by atoms with E-state index in [-0.39, 0.29) is 42.5 Å². The van der Waals surface area contributed by atoms with Crippen molar-refractivity contribution in [2.45, 2.75) is 46.1 Å². The number of ketones is 1. The average molecular weight is 643 g/mol. The van der Waals surface area contributed by atoms with Crippen LogP contribution in [0.15, 0.2) is 85.1 Å². The molecule has 2 aromatic heterocycles. The van der Waals surface area contributed by atoms with E-state index in [9.17, 15) is 14.0 Å². The lowest BCUT2D eigenvalue weighted by Crippen LogP contribution is -2.28. The zero-order valence-corrected chi connectivity index (χ0v) is 26.7. The van der Waals surface area contributed by atoms with Gasteiger partial charge < -0.3 is 9.64 Å². The van der Waals surface area contributed by atoms with E-state index in [0.29, 0.717) is 29.3 Å². The minimum absolute atomic E-state index is 0.0479. The molecule has 5 aromatic rings. The van der Waals surface area contributed by atoms with Gasteiger partial charge >= 0.3 is 0 Å². The molecular weight excluding hydrogens is 611 g/mol. The molecule has 5 nitrogen and oxygen atoms in total. The van der Waals surface area contributed by atoms with Crippen molar-refractivity contribution in [3.05, 3.63) is 113 Å². The molecule has 0 atom stereocenters. The Morgan fingerprint density at radius 3 is 2.42 bits per heavy atom. The van der Waals surface area contributed by atoms with E-state index >= 15 is 4.39 Å². The fourth-order valence-corrected chi connectivity index (χ4v) is 6.45. The molecular formula is C36H32F2N2O3S2. The van der Waals surface area contributed by atoms with Crippen LogP contribution in [0.1, 0.15) is 43.4 Å². The summed E-state index contributed by atoms with van der Waals surface area (Å²) in [7, 11) is 0. The van der Waals surface area contributed by atoms with Gasteiger partial charge in [0.15, 0.2) is 11.6 Å². The lowest BCUT2D eigenvalue weighted by Gasteiger charge is -2.20. The summed E-state index contributed by atoms with van der Waals surface area (Å²) >= 11 is 6.93. The highest BCUT2D eigenvalue weighted by Crippen LogP contribution is 2.40. The molecule has 230 valence electrons. The molecule has 1 amide bonds. The van der Waals surface area contributed by atoms with Gasteiger partial charge in [0.1, 0.15) is 17.3 Å². The second kappa shape index (κ2) is 14.6. The Balaban J connectivity index is 1.26. The lowest BCUT2D eigenvalue weighted by atomic mass is 10.0. The summed E-state index contributed by atoms with van der Waals surface area (Å²) in [6, 6.07) is 22.3. The van der Waals surface area contributed by atoms with Crippen LogP contribution in [0.5, 0.6) is 11.5 Å². The number of hydrogen-bond acceptors (Lipinski definition) is 6. The highest BCUT2D eigenvalue weighted by Gasteiger charge is 2.15. The van der Waals surface area contributed by atoms with Crippen LogP contribution in [-0.2, 0) is 29.0 Å². The number of thiophene rings is 1. The van der Waals surface area contributed by atoms with E-state index in [1.54, 1.807) is 43.5 Å². The summed E-state index contributed by atoms with van der Waals surface area (Å²) < 4.78 is 35.1. The first kappa shape index (κ1) is 32.1. The van der Waals surface area contributed by atoms with Gasteiger partial charge in [0.05, 0.1) is 10.2 Å². The van der Waals surface area contributed by atoms with Crippen molar-refractivity contribution in [1.82, 2.24) is 9.88 Å². The predicted molar refractivity (Wildman–Crippen MR) is 179 cm³/mol. The number of thiocarbonyl (C=S) groups is 1. The number of amides is 1. The first-order chi connectivity index (χ1) is 21.7. The Kier molecular flexibility index (Phi) is 10.4. The highest BCUT2D eigenvalue weighted by atomic mass is 32.1. The van der Waals surface area contributed by atoms with Crippen molar-refractivity contribution < 1.29 is 23.1 Å². The number of carbonyl (C=O) groups excluding carboxylic acids is 2. The number of nitrogens with zero attached hydrogens (tertiary/aromatic N) is 2. The van der Waals surface area contributed by atoms with E-state index in [0.717, 1.165) is 38.2 Å². The molecule has 9 heteroatoms. The van der Waals surface area contributed by atoms with E-state index in [1.165, 1.54) is 29.5 Å². The van der Waals surface area contributed by atoms with Gasteiger partial charge in [-0.05, 0) is 65.1 Å². The quantitative estimate of drug-likeness (QED) is 0.120. The maximum absolute atomic E-state index is 15.2. The number of hydrogen-bond donors (Lipinski definition) is 0. The molecule has 0 fully saturated rings. The van der Waals surface area contributed by atoms with E-state index in [2.05, 4.69) is 18.0 Å². The van der Waals surface area contributed by atoms with Crippen LogP contribution < -0.4 is 4.74 Å². The number of carbonyl (C=O) groups is 2. The minimum atomic E-state index is -0.538. The lowest BCUT2D eigenvalue weighted by molar-refractivity contribution is -0.129. The van der Waals surface area contributed by atoms with Crippen molar-refractivity contribution in [1.29, 1.82) is 0 Å². The van der Waals surface area contributed by atoms with Crippen LogP contribution in [-0.4, -0.2) is 33.0 Å². The predicted octanol–water partition coefficient (Wildman–Crippen LogP) is 8.91. The van der Waals surface area contributed by atoms with Crippen LogP contribution in [0, 0.1) is 11.6 Å². The van der Waals surface area contributed by atoms with Gasteiger partial charge in [0, 0.05) is 61.3 Å². The van der Waals surface area contributed by atoms with Gasteiger partial charge in [0.2, 0.25) is 5.91 Å². The van der Waals surface area contributed by atoms with E-state index in [1.807, 2.05) is 29.2 Å². The molecule has 0 unspecified atom stereocenters. The third-order valence-corrected chi connectivity index (χ3v) is 8.70. The van der Waals surface area contributed by atoms with Gasteiger partial charge in [-0.1, -0.05) is 55.5 Å². The first-order valence-corrected chi connectivity index (χ1v) is 15.9. The summed E-state index contributed by atoms with van der Waals surface area (Å²) in [5, 5.41) is 0. The molecule has 0 aliphatic heterocycles. The molecule has 0 spiro atoms. The smallest absolute Gasteiger partial charge is 0.219 e. The van der Waals surface area contributed by atoms with Gasteiger partial charge in [-0.3, -0.25) is 14.6 Å². The molecule has 3 aromatic carbocycles. The zero-order chi connectivity index (χ0) is 31.9. The number of pyridine rings is 1. The fourth-order valence-electron chi connectivity index (χ4n) is 5.06. The number of Topliss-reactive ketones (excluding diaryl/α,β-unsaturated/α-hetero) is 1. The van der Waals surface area contributed by atoms with E-state index in [4.69, 9.17) is 17.0 Å². The van der Waals surface area contributed by atoms with E-state index < -0.39 is 5.82 Å². The highest BCUT2D eigenvalue weighted by molar-refractivity contribution is 7.80. The Labute approximate surface area is 270 Å². The number of benzene rings is 3. The molecule has 0 bridgehead atoms. The molecule has 0 radical (unpaired) electrons. The minimum Gasteiger partial charge on any atom is -0.453 e. The largest absolute Gasteiger partial charge is 0.453 e. The average Bonchev–Trinajstić information content (AvgIpc) is 3.45. The van der Waals surface area contributed by atoms with Crippen LogP contribution in [0.25, 0.3) is 20.7 Å². The summed E-state index contributed by atoms with van der Waals surface area (Å²) in [6.45, 7) is 4.89. The first-order valence-electron chi connectivity index (χ1n) is 14.7. The Morgan fingerprint density at radius 1 is 0.911 bits per heavy atom. The second-order valence-corrected chi connectivity index (χ2v) is 12.5. The third-order valence-electron chi connectivity index (χ3n) is 7.23. The molecule has 0 aliphatic carbocycles. The van der Waals surface area contributed by atoms with Gasteiger partial charge in [-0.25, -0.2) is 8.78 Å². The monoisotopic (exact) mass is 642 g/mol. The van der Waals surface area contributed by atoms with Gasteiger partial charge in [-0.15, -0.1) is 11.3 Å². The summed E-state index contributed by atoms with van der Waals surface area (Å²) in [6.07, 6.45) is 3.04. The standard InChI is InChI=1S/C36H32F2N2O3S2/c1-3-15-40(23(2)41)22-26-5-4-6-27(16-26)35-21-32-36(45-35)34(13-14-39-32)43-33-12-9-25(19-31(33)38)18-30(44)20-29(42)17-24-7-10-28(37)11-8-24/h4-14,16,19,21H,3,15,17-18,20,22H2,1-2H3. The maximum atomic E-state index is 15.2. The maximum Gasteiger partial charge on any atom is 0.219 e. The molecule has 0 N–H and O–H groups in total. The van der Waals surface area contributed by atoms with Crippen molar-refractivity contribution in [3.8, 4) is 21.9 Å². The molecule has 0 saturated heterocycles. The van der Waals surface area contributed by atoms with Crippen LogP contribution >= 0.6 is 23.6 Å². The number of rotatable bonds is 13. The Bertz CT molecular complexity index is 1850. The normalized spacial score (nSPS) is 11.0. The fraction of sp³-hybridized carbons (Fsp3) is 0.222. The number of ether oxygens (including phenoxy) is 1. The summed E-state index contributed by atoms with van der Waals surface area (Å²) in [5.74, 6) is -0.359. The van der Waals surface area contributed by atoms with Crippen molar-refractivity contribution in [2.75, 3.05) is 6.54 Å². The number of fused-ring (bicyclic) bond motifs is 1. The second-order valence-electron chi connectivity index (χ2n) is 10.9. The molecule has 0 aliphatic rings. The number of halogens is 2. The van der Waals surface area contributed by atoms with Crippen LogP contribution in [0.2, 0.25) is 0 Å². The molecule has 45 heavy (non-hydrogen) atoms. The van der Waals surface area contributed by atoms with Gasteiger partial charge in [0.25, 0.3) is 0 Å². The topological polar surface area (TPSA) is 59.5 Å². The SMILES string of the molecule is CCCN(Cc1cccc(-c2cc3nccc(Oc4ccc(CC(=S)CC(=O)Cc5ccc(F)cc5)cc4F)c3s2)c1)C(C)=O. The third kappa shape index (κ3) is 8.44. The van der Waals surface area contributed by atoms with Crippen molar-refractivity contribution >= 4 is 50.3 Å². The van der Waals surface area contributed by atoms with Crippen molar-refractivity contribution in [2.24, 2.45) is 0 Å². The Morgan fingerprint density at radius 2 is 1.69 bits per heavy atom. The molecule has 0 saturated carbocycles. The molecule has 5 rings (SSSR count). The van der Waals surface area contributed by atoms with Crippen molar-refractivity contribution in [3.63, 3.8) is 0 Å². The van der Waals surface area contributed by atoms with Crippen LogP contribution in [0.4, 0.5) is 8.78 Å². The van der Waals surface area contributed by atoms with Crippen LogP contribution in [0.3, 0.4) is 0 Å². The Hall–Kier alpha value is -4.34. The molecule has 2 heterocycles. The number of aromatic nitrogens is 1. The summed E-state index contributed by atoms with van der Waals surface area (Å²) in [4.78, 5) is 32.3. The zero-order valence-electron chi connectivity index (χ0n) is 25.0.